The summed E-state index contributed by atoms with van der Waals surface area (Å²) < 4.78 is 1.69. The smallest absolute Gasteiger partial charge is 0.231 e. The first kappa shape index (κ1) is 16.6. The molecular formula is C16H21N5O2S. The summed E-state index contributed by atoms with van der Waals surface area (Å²) in [5, 5.41) is 7.70. The summed E-state index contributed by atoms with van der Waals surface area (Å²) in [5.74, 6) is -0.360. The molecule has 1 saturated heterocycles. The Bertz CT molecular complexity index is 753. The number of aromatic nitrogens is 3. The number of anilines is 1. The van der Waals surface area contributed by atoms with Crippen LogP contribution < -0.4 is 5.32 Å². The van der Waals surface area contributed by atoms with Gasteiger partial charge in [0.2, 0.25) is 11.8 Å². The quantitative estimate of drug-likeness (QED) is 0.917. The lowest BCUT2D eigenvalue weighted by molar-refractivity contribution is -0.140. The number of nitrogens with one attached hydrogen (secondary N) is 1. The molecule has 2 amide bonds. The Kier molecular flexibility index (Phi) is 4.66. The Balaban J connectivity index is 1.83. The van der Waals surface area contributed by atoms with Crippen molar-refractivity contribution in [3.8, 4) is 0 Å². The molecule has 128 valence electrons. The van der Waals surface area contributed by atoms with E-state index >= 15 is 0 Å². The molecule has 24 heavy (non-hydrogen) atoms. The molecule has 0 aromatic carbocycles. The average molecular weight is 347 g/mol. The zero-order valence-electron chi connectivity index (χ0n) is 14.0. The zero-order chi connectivity index (χ0) is 17.3. The molecule has 2 aromatic heterocycles. The molecule has 7 nitrogen and oxygen atoms in total. The maximum Gasteiger partial charge on any atom is 0.231 e. The number of rotatable bonds is 4. The molecule has 0 saturated carbocycles. The van der Waals surface area contributed by atoms with Gasteiger partial charge in [0.25, 0.3) is 0 Å². The number of carbonyl (C=O) groups is 2. The van der Waals surface area contributed by atoms with Gasteiger partial charge in [-0.05, 0) is 12.8 Å². The predicted octanol–water partition coefficient (Wildman–Crippen LogP) is 1.99. The van der Waals surface area contributed by atoms with Crippen LogP contribution in [0.4, 0.5) is 5.13 Å². The molecule has 1 fully saturated rings. The molecule has 1 aliphatic heterocycles. The van der Waals surface area contributed by atoms with Gasteiger partial charge in [-0.3, -0.25) is 14.3 Å². The molecule has 0 spiro atoms. The third-order valence-electron chi connectivity index (χ3n) is 4.40. The number of thiazole rings is 1. The maximum absolute atomic E-state index is 12.8. The summed E-state index contributed by atoms with van der Waals surface area (Å²) in [4.78, 5) is 31.9. The van der Waals surface area contributed by atoms with Crippen LogP contribution in [0, 0.1) is 5.92 Å². The van der Waals surface area contributed by atoms with Crippen LogP contribution in [0.25, 0.3) is 0 Å². The second kappa shape index (κ2) is 6.72. The fourth-order valence-corrected chi connectivity index (χ4v) is 3.84. The summed E-state index contributed by atoms with van der Waals surface area (Å²) in [6.07, 6.45) is 7.17. The third kappa shape index (κ3) is 3.19. The van der Waals surface area contributed by atoms with Gasteiger partial charge in [0.15, 0.2) is 5.13 Å². The number of hydrogen-bond donors (Lipinski definition) is 1. The first-order chi connectivity index (χ1) is 11.5. The van der Waals surface area contributed by atoms with Gasteiger partial charge in [-0.25, -0.2) is 4.98 Å². The van der Waals surface area contributed by atoms with Crippen molar-refractivity contribution >= 4 is 28.3 Å². The van der Waals surface area contributed by atoms with E-state index in [4.69, 9.17) is 0 Å². The summed E-state index contributed by atoms with van der Waals surface area (Å²) in [6.45, 7) is 2.05. The van der Waals surface area contributed by atoms with E-state index in [1.165, 1.54) is 11.3 Å². The lowest BCUT2D eigenvalue weighted by Gasteiger charge is -2.37. The Morgan fingerprint density at radius 2 is 2.21 bits per heavy atom. The van der Waals surface area contributed by atoms with Gasteiger partial charge < -0.3 is 10.2 Å². The SMILES string of the molecule is CCc1cnc(NC(=O)[C@H]2CCC(=O)N(C)[C@H]2c2cnn(C)c2)s1. The molecule has 1 N–H and O–H groups in total. The van der Waals surface area contributed by atoms with Crippen molar-refractivity contribution in [2.75, 3.05) is 12.4 Å². The van der Waals surface area contributed by atoms with Crippen LogP contribution in [0.5, 0.6) is 0 Å². The average Bonchev–Trinajstić information content (AvgIpc) is 3.18. The van der Waals surface area contributed by atoms with Crippen molar-refractivity contribution in [1.29, 1.82) is 0 Å². The number of likely N-dealkylation sites (tertiary alicyclic amines) is 1. The molecule has 0 radical (unpaired) electrons. The Morgan fingerprint density at radius 1 is 1.42 bits per heavy atom. The van der Waals surface area contributed by atoms with Gasteiger partial charge in [-0.1, -0.05) is 6.92 Å². The van der Waals surface area contributed by atoms with Crippen molar-refractivity contribution in [2.24, 2.45) is 13.0 Å². The van der Waals surface area contributed by atoms with E-state index < -0.39 is 0 Å². The van der Waals surface area contributed by atoms with Crippen molar-refractivity contribution in [3.05, 3.63) is 29.0 Å². The molecule has 0 unspecified atom stereocenters. The van der Waals surface area contributed by atoms with Crippen molar-refractivity contribution in [3.63, 3.8) is 0 Å². The summed E-state index contributed by atoms with van der Waals surface area (Å²) in [6, 6.07) is -0.300. The van der Waals surface area contributed by atoms with Crippen molar-refractivity contribution in [2.45, 2.75) is 32.2 Å². The zero-order valence-corrected chi connectivity index (χ0v) is 14.8. The van der Waals surface area contributed by atoms with Crippen LogP contribution in [-0.2, 0) is 23.1 Å². The first-order valence-electron chi connectivity index (χ1n) is 7.99. The van der Waals surface area contributed by atoms with Gasteiger partial charge in [-0.15, -0.1) is 11.3 Å². The number of aryl methyl sites for hydroxylation is 2. The summed E-state index contributed by atoms with van der Waals surface area (Å²) >= 11 is 1.49. The van der Waals surface area contributed by atoms with E-state index in [-0.39, 0.29) is 23.8 Å². The molecule has 8 heteroatoms. The van der Waals surface area contributed by atoms with Gasteiger partial charge in [0.05, 0.1) is 18.2 Å². The number of carbonyl (C=O) groups excluding carboxylic acids is 2. The standard InChI is InChI=1S/C16H21N5O2S/c1-4-11-8-17-16(24-11)19-15(23)12-5-6-13(22)21(3)14(12)10-7-18-20(2)9-10/h7-9,12,14H,4-6H2,1-3H3,(H,17,19,23)/t12-,14-/m0/s1. The van der Waals surface area contributed by atoms with Crippen LogP contribution in [-0.4, -0.2) is 38.5 Å². The van der Waals surface area contributed by atoms with Crippen LogP contribution in [0.15, 0.2) is 18.6 Å². The topological polar surface area (TPSA) is 80.1 Å². The monoisotopic (exact) mass is 347 g/mol. The second-order valence-corrected chi connectivity index (χ2v) is 7.13. The van der Waals surface area contributed by atoms with Gasteiger partial charge >= 0.3 is 0 Å². The van der Waals surface area contributed by atoms with E-state index in [2.05, 4.69) is 22.3 Å². The molecule has 1 aliphatic rings. The van der Waals surface area contributed by atoms with E-state index in [0.717, 1.165) is 16.9 Å². The minimum absolute atomic E-state index is 0.0513. The largest absolute Gasteiger partial charge is 0.338 e. The second-order valence-electron chi connectivity index (χ2n) is 6.02. The van der Waals surface area contributed by atoms with Crippen LogP contribution >= 0.6 is 11.3 Å². The van der Waals surface area contributed by atoms with Gasteiger partial charge in [0.1, 0.15) is 0 Å². The fourth-order valence-electron chi connectivity index (χ4n) is 3.09. The molecule has 2 atom stereocenters. The Labute approximate surface area is 144 Å². The highest BCUT2D eigenvalue weighted by Crippen LogP contribution is 2.36. The highest BCUT2D eigenvalue weighted by Gasteiger charge is 2.39. The van der Waals surface area contributed by atoms with Gasteiger partial charge in [-0.2, -0.15) is 5.10 Å². The number of nitrogens with zero attached hydrogens (tertiary/aromatic N) is 4. The third-order valence-corrected chi connectivity index (χ3v) is 5.45. The van der Waals surface area contributed by atoms with E-state index in [9.17, 15) is 9.59 Å². The summed E-state index contributed by atoms with van der Waals surface area (Å²) in [7, 11) is 3.57. The van der Waals surface area contributed by atoms with Crippen molar-refractivity contribution in [1.82, 2.24) is 19.7 Å². The molecular weight excluding hydrogens is 326 g/mol. The minimum Gasteiger partial charge on any atom is -0.338 e. The minimum atomic E-state index is -0.314. The summed E-state index contributed by atoms with van der Waals surface area (Å²) in [5.41, 5.74) is 0.876. The molecule has 0 aliphatic carbocycles. The molecule has 3 heterocycles. The molecule has 0 bridgehead atoms. The highest BCUT2D eigenvalue weighted by atomic mass is 32.1. The predicted molar refractivity (Wildman–Crippen MR) is 91.6 cm³/mol. The van der Waals surface area contributed by atoms with Crippen LogP contribution in [0.3, 0.4) is 0 Å². The maximum atomic E-state index is 12.8. The lowest BCUT2D eigenvalue weighted by atomic mass is 9.85. The Morgan fingerprint density at radius 3 is 2.83 bits per heavy atom. The van der Waals surface area contributed by atoms with E-state index in [1.807, 2.05) is 13.2 Å². The molecule has 2 aromatic rings. The van der Waals surface area contributed by atoms with E-state index in [0.29, 0.717) is 18.0 Å². The normalized spacial score (nSPS) is 21.1. The van der Waals surface area contributed by atoms with Crippen LogP contribution in [0.1, 0.15) is 36.2 Å². The molecule has 3 rings (SSSR count). The number of piperidine rings is 1. The van der Waals surface area contributed by atoms with Gasteiger partial charge in [0, 0.05) is 43.4 Å². The van der Waals surface area contributed by atoms with Crippen molar-refractivity contribution < 1.29 is 9.59 Å². The first-order valence-corrected chi connectivity index (χ1v) is 8.81. The number of amides is 2. The Hall–Kier alpha value is -2.22. The van der Waals surface area contributed by atoms with Crippen LogP contribution in [0.2, 0.25) is 0 Å². The number of hydrogen-bond acceptors (Lipinski definition) is 5. The lowest BCUT2D eigenvalue weighted by Crippen LogP contribution is -2.44. The highest BCUT2D eigenvalue weighted by molar-refractivity contribution is 7.15. The fraction of sp³-hybridized carbons (Fsp3) is 0.500. The van der Waals surface area contributed by atoms with E-state index in [1.54, 1.807) is 29.0 Å².